The average molecular weight is 211 g/mol. The van der Waals surface area contributed by atoms with E-state index >= 15 is 0 Å². The maximum Gasteiger partial charge on any atom is 0.117 e. The third-order valence-electron chi connectivity index (χ3n) is 2.49. The van der Waals surface area contributed by atoms with Gasteiger partial charge >= 0.3 is 0 Å². The first-order chi connectivity index (χ1) is 6.84. The van der Waals surface area contributed by atoms with Crippen molar-refractivity contribution < 1.29 is 4.42 Å². The zero-order valence-corrected chi connectivity index (χ0v) is 9.40. The summed E-state index contributed by atoms with van der Waals surface area (Å²) in [6.07, 6.45) is 2.76. The Hall–Kier alpha value is -0.410. The summed E-state index contributed by atoms with van der Waals surface area (Å²) in [5.41, 5.74) is 0. The molecule has 1 aromatic rings. The molecule has 0 aliphatic carbocycles. The van der Waals surface area contributed by atoms with Crippen LogP contribution in [0.25, 0.3) is 0 Å². The number of rotatable bonds is 4. The first-order valence-electron chi connectivity index (χ1n) is 5.22. The Morgan fingerprint density at radius 1 is 1.57 bits per heavy atom. The number of aryl methyl sites for hydroxylation is 1. The highest BCUT2D eigenvalue weighted by molar-refractivity contribution is 8.00. The van der Waals surface area contributed by atoms with Crippen molar-refractivity contribution in [1.82, 2.24) is 5.32 Å². The van der Waals surface area contributed by atoms with Gasteiger partial charge in [0.05, 0.1) is 6.54 Å². The standard InChI is InChI=1S/C11H17NOS/c1-9-4-5-10(13-9)7-12-8-11-3-2-6-14-11/h4-5,11-12H,2-3,6-8H2,1H3. The van der Waals surface area contributed by atoms with Crippen LogP contribution in [0, 0.1) is 6.92 Å². The van der Waals surface area contributed by atoms with Gasteiger partial charge in [-0.15, -0.1) is 0 Å². The van der Waals surface area contributed by atoms with Gasteiger partial charge in [-0.2, -0.15) is 11.8 Å². The fourth-order valence-corrected chi connectivity index (χ4v) is 2.98. The highest BCUT2D eigenvalue weighted by Crippen LogP contribution is 2.25. The van der Waals surface area contributed by atoms with Crippen LogP contribution in [0.3, 0.4) is 0 Å². The normalized spacial score (nSPS) is 21.6. The van der Waals surface area contributed by atoms with Crippen molar-refractivity contribution in [3.8, 4) is 0 Å². The van der Waals surface area contributed by atoms with Gasteiger partial charge in [0, 0.05) is 11.8 Å². The predicted molar refractivity (Wildman–Crippen MR) is 60.6 cm³/mol. The summed E-state index contributed by atoms with van der Waals surface area (Å²) in [5.74, 6) is 3.38. The first kappa shape index (κ1) is 10.1. The minimum absolute atomic E-state index is 0.825. The Bertz CT molecular complexity index is 279. The molecule has 2 heterocycles. The molecule has 0 radical (unpaired) electrons. The molecule has 1 aliphatic heterocycles. The van der Waals surface area contributed by atoms with Crippen LogP contribution >= 0.6 is 11.8 Å². The van der Waals surface area contributed by atoms with Gasteiger partial charge in [-0.25, -0.2) is 0 Å². The monoisotopic (exact) mass is 211 g/mol. The van der Waals surface area contributed by atoms with E-state index in [0.717, 1.165) is 29.9 Å². The minimum atomic E-state index is 0.825. The maximum absolute atomic E-state index is 5.48. The van der Waals surface area contributed by atoms with Crippen molar-refractivity contribution >= 4 is 11.8 Å². The summed E-state index contributed by atoms with van der Waals surface area (Å²) in [5, 5.41) is 4.27. The largest absolute Gasteiger partial charge is 0.465 e. The van der Waals surface area contributed by atoms with Crippen LogP contribution in [0.4, 0.5) is 0 Å². The van der Waals surface area contributed by atoms with Crippen molar-refractivity contribution in [2.75, 3.05) is 12.3 Å². The van der Waals surface area contributed by atoms with Gasteiger partial charge in [-0.05, 0) is 37.7 Å². The molecule has 78 valence electrons. The van der Waals surface area contributed by atoms with Crippen LogP contribution in [0.2, 0.25) is 0 Å². The highest BCUT2D eigenvalue weighted by Gasteiger charge is 2.14. The number of nitrogens with one attached hydrogen (secondary N) is 1. The van der Waals surface area contributed by atoms with Crippen LogP contribution in [0.1, 0.15) is 24.4 Å². The lowest BCUT2D eigenvalue weighted by Gasteiger charge is -2.08. The highest BCUT2D eigenvalue weighted by atomic mass is 32.2. The molecule has 1 aliphatic rings. The second kappa shape index (κ2) is 4.89. The predicted octanol–water partition coefficient (Wildman–Crippen LogP) is 2.57. The maximum atomic E-state index is 5.48. The van der Waals surface area contributed by atoms with Gasteiger partial charge in [0.1, 0.15) is 11.5 Å². The lowest BCUT2D eigenvalue weighted by molar-refractivity contribution is 0.461. The van der Waals surface area contributed by atoms with Gasteiger partial charge < -0.3 is 9.73 Å². The molecule has 2 rings (SSSR count). The molecule has 2 nitrogen and oxygen atoms in total. The average Bonchev–Trinajstić information content (AvgIpc) is 2.77. The van der Waals surface area contributed by atoms with Crippen molar-refractivity contribution in [3.63, 3.8) is 0 Å². The summed E-state index contributed by atoms with van der Waals surface area (Å²) >= 11 is 2.09. The van der Waals surface area contributed by atoms with Gasteiger partial charge in [0.25, 0.3) is 0 Å². The number of furan rings is 1. The molecule has 0 bridgehead atoms. The van der Waals surface area contributed by atoms with Crippen LogP contribution in [-0.2, 0) is 6.54 Å². The van der Waals surface area contributed by atoms with Crippen molar-refractivity contribution in [2.24, 2.45) is 0 Å². The summed E-state index contributed by atoms with van der Waals surface area (Å²) in [6, 6.07) is 4.06. The molecule has 3 heteroatoms. The third kappa shape index (κ3) is 2.79. The topological polar surface area (TPSA) is 25.2 Å². The SMILES string of the molecule is Cc1ccc(CNCC2CCCS2)o1. The number of thioether (sulfide) groups is 1. The molecular weight excluding hydrogens is 194 g/mol. The molecule has 1 fully saturated rings. The van der Waals surface area contributed by atoms with Crippen LogP contribution in [0.15, 0.2) is 16.5 Å². The zero-order valence-electron chi connectivity index (χ0n) is 8.58. The molecule has 1 unspecified atom stereocenters. The Kier molecular flexibility index (Phi) is 3.54. The minimum Gasteiger partial charge on any atom is -0.465 e. The Morgan fingerprint density at radius 3 is 3.14 bits per heavy atom. The van der Waals surface area contributed by atoms with Gasteiger partial charge in [-0.1, -0.05) is 0 Å². The van der Waals surface area contributed by atoms with E-state index < -0.39 is 0 Å². The molecule has 0 aromatic carbocycles. The first-order valence-corrected chi connectivity index (χ1v) is 6.27. The third-order valence-corrected chi connectivity index (χ3v) is 3.89. The molecule has 1 saturated heterocycles. The van der Waals surface area contributed by atoms with E-state index in [-0.39, 0.29) is 0 Å². The molecule has 1 atom stereocenters. The second-order valence-corrected chi connectivity index (χ2v) is 5.19. The zero-order chi connectivity index (χ0) is 9.80. The fraction of sp³-hybridized carbons (Fsp3) is 0.636. The Balaban J connectivity index is 1.67. The smallest absolute Gasteiger partial charge is 0.117 e. The molecule has 0 spiro atoms. The van der Waals surface area contributed by atoms with E-state index in [9.17, 15) is 0 Å². The second-order valence-electron chi connectivity index (χ2n) is 3.78. The molecule has 1 N–H and O–H groups in total. The molecular formula is C11H17NOS. The van der Waals surface area contributed by atoms with Crippen molar-refractivity contribution in [1.29, 1.82) is 0 Å². The van der Waals surface area contributed by atoms with Gasteiger partial charge in [0.2, 0.25) is 0 Å². The molecule has 1 aromatic heterocycles. The van der Waals surface area contributed by atoms with Crippen molar-refractivity contribution in [2.45, 2.75) is 31.6 Å². The van der Waals surface area contributed by atoms with Gasteiger partial charge in [0.15, 0.2) is 0 Å². The van der Waals surface area contributed by atoms with E-state index in [1.165, 1.54) is 18.6 Å². The summed E-state index contributed by atoms with van der Waals surface area (Å²) in [4.78, 5) is 0. The lowest BCUT2D eigenvalue weighted by atomic mass is 10.2. The van der Waals surface area contributed by atoms with E-state index in [4.69, 9.17) is 4.42 Å². The molecule has 0 saturated carbocycles. The Morgan fingerprint density at radius 2 is 2.50 bits per heavy atom. The van der Waals surface area contributed by atoms with Crippen LogP contribution in [0.5, 0.6) is 0 Å². The van der Waals surface area contributed by atoms with Crippen LogP contribution < -0.4 is 5.32 Å². The molecule has 14 heavy (non-hydrogen) atoms. The Labute approximate surface area is 89.4 Å². The van der Waals surface area contributed by atoms with E-state index in [1.807, 2.05) is 19.1 Å². The van der Waals surface area contributed by atoms with E-state index in [2.05, 4.69) is 17.1 Å². The summed E-state index contributed by atoms with van der Waals surface area (Å²) in [6.45, 7) is 3.96. The number of hydrogen-bond donors (Lipinski definition) is 1. The fourth-order valence-electron chi connectivity index (χ4n) is 1.74. The summed E-state index contributed by atoms with van der Waals surface area (Å²) < 4.78 is 5.48. The van der Waals surface area contributed by atoms with E-state index in [1.54, 1.807) is 0 Å². The van der Waals surface area contributed by atoms with Crippen LogP contribution in [-0.4, -0.2) is 17.5 Å². The quantitative estimate of drug-likeness (QED) is 0.828. The molecule has 0 amide bonds. The number of hydrogen-bond acceptors (Lipinski definition) is 3. The lowest BCUT2D eigenvalue weighted by Crippen LogP contribution is -2.22. The summed E-state index contributed by atoms with van der Waals surface area (Å²) in [7, 11) is 0. The van der Waals surface area contributed by atoms with Gasteiger partial charge in [-0.3, -0.25) is 0 Å². The van der Waals surface area contributed by atoms with E-state index in [0.29, 0.717) is 0 Å². The van der Waals surface area contributed by atoms with Crippen molar-refractivity contribution in [3.05, 3.63) is 23.7 Å².